The minimum atomic E-state index is 1.11. The summed E-state index contributed by atoms with van der Waals surface area (Å²) in [5, 5.41) is 2.56. The first-order valence-corrected chi connectivity index (χ1v) is 9.77. The van der Waals surface area contributed by atoms with Crippen molar-refractivity contribution in [3.8, 4) is 0 Å². The number of allylic oxidation sites excluding steroid dienone is 7. The highest BCUT2D eigenvalue weighted by Crippen LogP contribution is 2.27. The number of hydrogen-bond donors (Lipinski definition) is 0. The van der Waals surface area contributed by atoms with Crippen molar-refractivity contribution in [1.82, 2.24) is 0 Å². The summed E-state index contributed by atoms with van der Waals surface area (Å²) in [6, 6.07) is 12.9. The van der Waals surface area contributed by atoms with Crippen molar-refractivity contribution in [3.63, 3.8) is 0 Å². The summed E-state index contributed by atoms with van der Waals surface area (Å²) in [6.07, 6.45) is 14.6. The fraction of sp³-hybridized carbons (Fsp3) is 0.259. The summed E-state index contributed by atoms with van der Waals surface area (Å²) in [6.45, 7) is 18.2. The minimum absolute atomic E-state index is 1.11. The standard InChI is InChI=1S/C21H22.C4H8.C2H6/c1-5-6-7-10-18-11-8-12-19-13-9-14-20(21(18)19)15-17(4)16(2)3;1-3-4-2;1-2/h5-15H,2H2,1,3-4H3;3-4H,1-2H3;1-2H3/b6-5+,10-7+,17-15+;4-3-;. The van der Waals surface area contributed by atoms with E-state index in [0.717, 1.165) is 5.57 Å². The van der Waals surface area contributed by atoms with Crippen LogP contribution in [0.15, 0.2) is 84.5 Å². The van der Waals surface area contributed by atoms with E-state index in [0.29, 0.717) is 0 Å². The molecule has 2 aromatic rings. The molecule has 0 nitrogen and oxygen atoms in total. The molecule has 0 aliphatic heterocycles. The van der Waals surface area contributed by atoms with Gasteiger partial charge < -0.3 is 0 Å². The molecule has 0 radical (unpaired) electrons. The van der Waals surface area contributed by atoms with Gasteiger partial charge in [-0.15, -0.1) is 0 Å². The summed E-state index contributed by atoms with van der Waals surface area (Å²) >= 11 is 0. The zero-order valence-corrected chi connectivity index (χ0v) is 18.2. The Kier molecular flexibility index (Phi) is 13.2. The van der Waals surface area contributed by atoms with Gasteiger partial charge in [0.1, 0.15) is 0 Å². The summed E-state index contributed by atoms with van der Waals surface area (Å²) in [4.78, 5) is 0. The van der Waals surface area contributed by atoms with E-state index in [-0.39, 0.29) is 0 Å². The lowest BCUT2D eigenvalue weighted by Gasteiger charge is -2.08. The van der Waals surface area contributed by atoms with Gasteiger partial charge in [-0.05, 0) is 62.1 Å². The first-order chi connectivity index (χ1) is 13.0. The van der Waals surface area contributed by atoms with E-state index >= 15 is 0 Å². The van der Waals surface area contributed by atoms with E-state index < -0.39 is 0 Å². The van der Waals surface area contributed by atoms with Crippen molar-refractivity contribution in [1.29, 1.82) is 0 Å². The predicted molar refractivity (Wildman–Crippen MR) is 128 cm³/mol. The molecule has 0 saturated heterocycles. The number of rotatable bonds is 4. The van der Waals surface area contributed by atoms with Crippen molar-refractivity contribution in [2.24, 2.45) is 0 Å². The second kappa shape index (κ2) is 14.6. The Bertz CT molecular complexity index is 802. The van der Waals surface area contributed by atoms with Gasteiger partial charge in [0.2, 0.25) is 0 Å². The van der Waals surface area contributed by atoms with Crippen LogP contribution in [0.5, 0.6) is 0 Å². The fourth-order valence-corrected chi connectivity index (χ4v) is 2.29. The van der Waals surface area contributed by atoms with Crippen molar-refractivity contribution < 1.29 is 0 Å². The third-order valence-electron chi connectivity index (χ3n) is 3.93. The van der Waals surface area contributed by atoms with Crippen molar-refractivity contribution in [2.45, 2.75) is 48.5 Å². The van der Waals surface area contributed by atoms with Gasteiger partial charge in [0.25, 0.3) is 0 Å². The number of fused-ring (bicyclic) bond motifs is 1. The highest BCUT2D eigenvalue weighted by atomic mass is 14.1. The maximum absolute atomic E-state index is 4.02. The molecular formula is C27H36. The van der Waals surface area contributed by atoms with Crippen LogP contribution in [0.2, 0.25) is 0 Å². The highest BCUT2D eigenvalue weighted by Gasteiger charge is 2.03. The SMILES string of the molecule is C/C=C\C.C=C(C)/C(C)=C/c1cccc2cccc(/C=C/C=C/C)c12.CC. The van der Waals surface area contributed by atoms with Crippen LogP contribution in [-0.4, -0.2) is 0 Å². The van der Waals surface area contributed by atoms with Gasteiger partial charge in [-0.1, -0.05) is 105 Å². The molecule has 0 heterocycles. The van der Waals surface area contributed by atoms with Crippen LogP contribution in [-0.2, 0) is 0 Å². The van der Waals surface area contributed by atoms with Gasteiger partial charge in [-0.3, -0.25) is 0 Å². The molecule has 144 valence electrons. The molecule has 0 heteroatoms. The second-order valence-electron chi connectivity index (χ2n) is 5.95. The van der Waals surface area contributed by atoms with Crippen LogP contribution in [0.1, 0.15) is 59.6 Å². The van der Waals surface area contributed by atoms with E-state index in [1.165, 1.54) is 27.5 Å². The van der Waals surface area contributed by atoms with Crippen molar-refractivity contribution in [2.75, 3.05) is 0 Å². The molecule has 0 aliphatic carbocycles. The molecule has 27 heavy (non-hydrogen) atoms. The Hall–Kier alpha value is -2.60. The first kappa shape index (κ1) is 24.4. The molecule has 0 aliphatic rings. The van der Waals surface area contributed by atoms with Gasteiger partial charge >= 0.3 is 0 Å². The molecule has 0 spiro atoms. The smallest absolute Gasteiger partial charge is 0.00388 e. The third-order valence-corrected chi connectivity index (χ3v) is 3.93. The van der Waals surface area contributed by atoms with Gasteiger partial charge in [-0.25, -0.2) is 0 Å². The van der Waals surface area contributed by atoms with E-state index in [1.54, 1.807) is 0 Å². The lowest BCUT2D eigenvalue weighted by molar-refractivity contribution is 1.39. The highest BCUT2D eigenvalue weighted by molar-refractivity contribution is 5.97. The van der Waals surface area contributed by atoms with Gasteiger partial charge in [-0.2, -0.15) is 0 Å². The quantitative estimate of drug-likeness (QED) is 0.377. The summed E-state index contributed by atoms with van der Waals surface area (Å²) in [5.74, 6) is 0. The summed E-state index contributed by atoms with van der Waals surface area (Å²) in [5.41, 5.74) is 4.81. The average molecular weight is 361 g/mol. The van der Waals surface area contributed by atoms with Crippen LogP contribution in [0.3, 0.4) is 0 Å². The van der Waals surface area contributed by atoms with Crippen LogP contribution in [0.25, 0.3) is 22.9 Å². The monoisotopic (exact) mass is 360 g/mol. The molecule has 0 aromatic heterocycles. The van der Waals surface area contributed by atoms with Crippen LogP contribution < -0.4 is 0 Å². The Morgan fingerprint density at radius 3 is 1.81 bits per heavy atom. The molecule has 0 amide bonds. The van der Waals surface area contributed by atoms with Crippen LogP contribution >= 0.6 is 0 Å². The Labute approximate surface area is 167 Å². The largest absolute Gasteiger partial charge is 0.0958 e. The molecule has 0 N–H and O–H groups in total. The number of benzene rings is 2. The zero-order chi connectivity index (χ0) is 20.7. The van der Waals surface area contributed by atoms with Crippen molar-refractivity contribution >= 4 is 22.9 Å². The molecule has 2 aromatic carbocycles. The fourth-order valence-electron chi connectivity index (χ4n) is 2.29. The Morgan fingerprint density at radius 2 is 1.33 bits per heavy atom. The summed E-state index contributed by atoms with van der Waals surface area (Å²) < 4.78 is 0. The molecule has 2 rings (SSSR count). The second-order valence-corrected chi connectivity index (χ2v) is 5.95. The lowest BCUT2D eigenvalue weighted by Crippen LogP contribution is -1.85. The molecule has 0 saturated carbocycles. The van der Waals surface area contributed by atoms with Gasteiger partial charge in [0, 0.05) is 0 Å². The Morgan fingerprint density at radius 1 is 0.778 bits per heavy atom. The topological polar surface area (TPSA) is 0 Å². The maximum Gasteiger partial charge on any atom is -0.00388 e. The van der Waals surface area contributed by atoms with E-state index in [9.17, 15) is 0 Å². The lowest BCUT2D eigenvalue weighted by atomic mass is 9.96. The van der Waals surface area contributed by atoms with Crippen LogP contribution in [0.4, 0.5) is 0 Å². The first-order valence-electron chi connectivity index (χ1n) is 9.77. The minimum Gasteiger partial charge on any atom is -0.0958 e. The molecule has 0 fully saturated rings. The van der Waals surface area contributed by atoms with E-state index in [2.05, 4.69) is 74.2 Å². The van der Waals surface area contributed by atoms with Gasteiger partial charge in [0.15, 0.2) is 0 Å². The number of hydrogen-bond acceptors (Lipinski definition) is 0. The predicted octanol–water partition coefficient (Wildman–Crippen LogP) is 9.02. The van der Waals surface area contributed by atoms with E-state index in [4.69, 9.17) is 0 Å². The average Bonchev–Trinajstić information content (AvgIpc) is 2.70. The van der Waals surface area contributed by atoms with Gasteiger partial charge in [0.05, 0.1) is 0 Å². The molecular weight excluding hydrogens is 324 g/mol. The summed E-state index contributed by atoms with van der Waals surface area (Å²) in [7, 11) is 0. The Balaban J connectivity index is 0.000000998. The van der Waals surface area contributed by atoms with E-state index in [1.807, 2.05) is 59.8 Å². The molecule has 0 unspecified atom stereocenters. The van der Waals surface area contributed by atoms with Crippen LogP contribution in [0, 0.1) is 0 Å². The normalized spacial score (nSPS) is 11.4. The maximum atomic E-state index is 4.02. The van der Waals surface area contributed by atoms with Crippen molar-refractivity contribution in [3.05, 3.63) is 95.6 Å². The molecule has 0 bridgehead atoms. The third kappa shape index (κ3) is 8.55. The zero-order valence-electron chi connectivity index (χ0n) is 18.2. The molecule has 0 atom stereocenters.